The van der Waals surface area contributed by atoms with E-state index in [4.69, 9.17) is 5.84 Å². The van der Waals surface area contributed by atoms with Crippen LogP contribution in [0, 0.1) is 11.8 Å². The van der Waals surface area contributed by atoms with Crippen LogP contribution < -0.4 is 16.6 Å². The van der Waals surface area contributed by atoms with Crippen molar-refractivity contribution in [1.82, 2.24) is 10.7 Å². The lowest BCUT2D eigenvalue weighted by Gasteiger charge is -2.24. The highest BCUT2D eigenvalue weighted by molar-refractivity contribution is 5.79. The van der Waals surface area contributed by atoms with E-state index in [1.807, 2.05) is 0 Å². The van der Waals surface area contributed by atoms with Crippen LogP contribution in [0.2, 0.25) is 0 Å². The second-order valence-electron chi connectivity index (χ2n) is 5.24. The third-order valence-electron chi connectivity index (χ3n) is 3.60. The molecule has 1 aliphatic rings. The fourth-order valence-electron chi connectivity index (χ4n) is 2.27. The van der Waals surface area contributed by atoms with E-state index < -0.39 is 0 Å². The zero-order valence-electron chi connectivity index (χ0n) is 11.3. The molecule has 0 spiro atoms. The SMILES string of the molecule is CCCCNC(=NCC1CCC(C)CC1)NN. The van der Waals surface area contributed by atoms with Crippen molar-refractivity contribution >= 4 is 5.96 Å². The third kappa shape index (κ3) is 5.91. The van der Waals surface area contributed by atoms with Crippen molar-refractivity contribution in [2.75, 3.05) is 13.1 Å². The van der Waals surface area contributed by atoms with Crippen molar-refractivity contribution in [3.8, 4) is 0 Å². The number of aliphatic imine (C=N–C) groups is 1. The number of hydrogen-bond acceptors (Lipinski definition) is 2. The fourth-order valence-corrected chi connectivity index (χ4v) is 2.27. The van der Waals surface area contributed by atoms with E-state index in [9.17, 15) is 0 Å². The van der Waals surface area contributed by atoms with Gasteiger partial charge in [0.15, 0.2) is 0 Å². The minimum absolute atomic E-state index is 0.747. The van der Waals surface area contributed by atoms with Crippen molar-refractivity contribution in [3.63, 3.8) is 0 Å². The second kappa shape index (κ2) is 8.34. The van der Waals surface area contributed by atoms with E-state index in [1.54, 1.807) is 0 Å². The number of nitrogens with zero attached hydrogens (tertiary/aromatic N) is 1. The van der Waals surface area contributed by atoms with Gasteiger partial charge in [0.05, 0.1) is 0 Å². The van der Waals surface area contributed by atoms with Crippen molar-refractivity contribution in [1.29, 1.82) is 0 Å². The summed E-state index contributed by atoms with van der Waals surface area (Å²) in [6.45, 7) is 6.38. The number of nitrogens with two attached hydrogens (primary N) is 1. The number of rotatable bonds is 5. The van der Waals surface area contributed by atoms with Crippen LogP contribution in [0.15, 0.2) is 4.99 Å². The number of nitrogens with one attached hydrogen (secondary N) is 2. The van der Waals surface area contributed by atoms with Gasteiger partial charge in [-0.25, -0.2) is 5.84 Å². The summed E-state index contributed by atoms with van der Waals surface area (Å²) in [5.41, 5.74) is 2.65. The van der Waals surface area contributed by atoms with Gasteiger partial charge in [-0.2, -0.15) is 0 Å². The molecule has 4 heteroatoms. The van der Waals surface area contributed by atoms with Gasteiger partial charge >= 0.3 is 0 Å². The predicted octanol–water partition coefficient (Wildman–Crippen LogP) is 2.02. The van der Waals surface area contributed by atoms with E-state index in [1.165, 1.54) is 32.1 Å². The van der Waals surface area contributed by atoms with Gasteiger partial charge in [-0.3, -0.25) is 10.4 Å². The Morgan fingerprint density at radius 2 is 2.00 bits per heavy atom. The van der Waals surface area contributed by atoms with Crippen LogP contribution in [0.25, 0.3) is 0 Å². The lowest BCUT2D eigenvalue weighted by Crippen LogP contribution is -2.42. The first-order chi connectivity index (χ1) is 8.26. The average molecular weight is 240 g/mol. The average Bonchev–Trinajstić information content (AvgIpc) is 2.35. The van der Waals surface area contributed by atoms with Crippen LogP contribution in [0.4, 0.5) is 0 Å². The standard InChI is InChI=1S/C13H28N4/c1-3-4-9-15-13(17-14)16-10-12-7-5-11(2)6-8-12/h11-12H,3-10,14H2,1-2H3,(H2,15,16,17). The van der Waals surface area contributed by atoms with Crippen molar-refractivity contribution < 1.29 is 0 Å². The Labute approximate surface area is 105 Å². The molecule has 100 valence electrons. The highest BCUT2D eigenvalue weighted by Crippen LogP contribution is 2.28. The first-order valence-electron chi connectivity index (χ1n) is 7.01. The quantitative estimate of drug-likeness (QED) is 0.226. The summed E-state index contributed by atoms with van der Waals surface area (Å²) in [6.07, 6.45) is 7.69. The maximum absolute atomic E-state index is 5.45. The minimum Gasteiger partial charge on any atom is -0.355 e. The predicted molar refractivity (Wildman–Crippen MR) is 73.7 cm³/mol. The molecule has 0 aromatic heterocycles. The molecule has 1 saturated carbocycles. The van der Waals surface area contributed by atoms with Gasteiger partial charge in [0.25, 0.3) is 0 Å². The van der Waals surface area contributed by atoms with Gasteiger partial charge in [0.2, 0.25) is 5.96 Å². The van der Waals surface area contributed by atoms with E-state index in [0.29, 0.717) is 0 Å². The Balaban J connectivity index is 2.23. The zero-order valence-corrected chi connectivity index (χ0v) is 11.3. The second-order valence-corrected chi connectivity index (χ2v) is 5.24. The van der Waals surface area contributed by atoms with Crippen LogP contribution in [-0.4, -0.2) is 19.0 Å². The maximum Gasteiger partial charge on any atom is 0.205 e. The molecule has 4 nitrogen and oxygen atoms in total. The largest absolute Gasteiger partial charge is 0.355 e. The smallest absolute Gasteiger partial charge is 0.205 e. The Bertz CT molecular complexity index is 219. The van der Waals surface area contributed by atoms with Crippen LogP contribution in [0.1, 0.15) is 52.4 Å². The van der Waals surface area contributed by atoms with Crippen molar-refractivity contribution in [2.45, 2.75) is 52.4 Å². The first kappa shape index (κ1) is 14.3. The lowest BCUT2D eigenvalue weighted by molar-refractivity contribution is 0.296. The first-order valence-corrected chi connectivity index (χ1v) is 7.01. The molecule has 0 heterocycles. The Kier molecular flexibility index (Phi) is 7.01. The summed E-state index contributed by atoms with van der Waals surface area (Å²) < 4.78 is 0. The van der Waals surface area contributed by atoms with Crippen LogP contribution in [0.5, 0.6) is 0 Å². The summed E-state index contributed by atoms with van der Waals surface area (Å²) in [5.74, 6) is 7.86. The topological polar surface area (TPSA) is 62.4 Å². The van der Waals surface area contributed by atoms with Crippen LogP contribution in [-0.2, 0) is 0 Å². The van der Waals surface area contributed by atoms with Gasteiger partial charge in [-0.05, 0) is 31.1 Å². The molecule has 0 bridgehead atoms. The Morgan fingerprint density at radius 3 is 2.59 bits per heavy atom. The molecule has 0 amide bonds. The summed E-state index contributed by atoms with van der Waals surface area (Å²) in [6, 6.07) is 0. The van der Waals surface area contributed by atoms with Gasteiger partial charge in [-0.15, -0.1) is 0 Å². The van der Waals surface area contributed by atoms with Gasteiger partial charge < -0.3 is 5.32 Å². The Morgan fingerprint density at radius 1 is 1.29 bits per heavy atom. The molecular formula is C13H28N4. The van der Waals surface area contributed by atoms with Crippen LogP contribution in [0.3, 0.4) is 0 Å². The molecule has 0 atom stereocenters. The summed E-state index contributed by atoms with van der Waals surface area (Å²) in [4.78, 5) is 4.53. The maximum atomic E-state index is 5.45. The normalized spacial score (nSPS) is 25.7. The molecular weight excluding hydrogens is 212 g/mol. The molecule has 0 unspecified atom stereocenters. The van der Waals surface area contributed by atoms with Crippen LogP contribution >= 0.6 is 0 Å². The highest BCUT2D eigenvalue weighted by Gasteiger charge is 2.17. The summed E-state index contributed by atoms with van der Waals surface area (Å²) in [5, 5.41) is 3.23. The number of guanidine groups is 1. The molecule has 1 rings (SSSR count). The molecule has 0 aromatic rings. The van der Waals surface area contributed by atoms with Gasteiger partial charge in [-0.1, -0.05) is 33.1 Å². The van der Waals surface area contributed by atoms with E-state index in [-0.39, 0.29) is 0 Å². The molecule has 0 aromatic carbocycles. The highest BCUT2D eigenvalue weighted by atomic mass is 15.3. The van der Waals surface area contributed by atoms with Crippen molar-refractivity contribution in [2.24, 2.45) is 22.7 Å². The number of hydrogen-bond donors (Lipinski definition) is 3. The molecule has 0 saturated heterocycles. The monoisotopic (exact) mass is 240 g/mol. The Hall–Kier alpha value is -0.770. The van der Waals surface area contributed by atoms with Gasteiger partial charge in [0.1, 0.15) is 0 Å². The summed E-state index contributed by atoms with van der Waals surface area (Å²) >= 11 is 0. The number of hydrazine groups is 1. The molecule has 0 radical (unpaired) electrons. The summed E-state index contributed by atoms with van der Waals surface area (Å²) in [7, 11) is 0. The fraction of sp³-hybridized carbons (Fsp3) is 0.923. The minimum atomic E-state index is 0.747. The molecule has 4 N–H and O–H groups in total. The van der Waals surface area contributed by atoms with E-state index in [2.05, 4.69) is 29.6 Å². The third-order valence-corrected chi connectivity index (χ3v) is 3.60. The van der Waals surface area contributed by atoms with E-state index in [0.717, 1.165) is 37.3 Å². The molecule has 17 heavy (non-hydrogen) atoms. The van der Waals surface area contributed by atoms with Crippen molar-refractivity contribution in [3.05, 3.63) is 0 Å². The van der Waals surface area contributed by atoms with Gasteiger partial charge in [0, 0.05) is 13.1 Å². The molecule has 1 fully saturated rings. The molecule has 0 aliphatic heterocycles. The lowest BCUT2D eigenvalue weighted by atomic mass is 9.83. The zero-order chi connectivity index (χ0) is 12.5. The molecule has 1 aliphatic carbocycles. The number of unbranched alkanes of at least 4 members (excludes halogenated alkanes) is 1. The van der Waals surface area contributed by atoms with E-state index >= 15 is 0 Å².